The molecular weight excluding hydrogens is 192 g/mol. The zero-order valence-corrected chi connectivity index (χ0v) is 9.94. The third kappa shape index (κ3) is 3.51. The van der Waals surface area contributed by atoms with Crippen LogP contribution in [0.25, 0.3) is 0 Å². The summed E-state index contributed by atoms with van der Waals surface area (Å²) in [5.41, 5.74) is 5.50. The van der Waals surface area contributed by atoms with Gasteiger partial charge in [-0.1, -0.05) is 13.8 Å². The van der Waals surface area contributed by atoms with Gasteiger partial charge >= 0.3 is 0 Å². The van der Waals surface area contributed by atoms with Crippen molar-refractivity contribution in [2.24, 2.45) is 17.6 Å². The predicted molar refractivity (Wildman–Crippen MR) is 62.0 cm³/mol. The van der Waals surface area contributed by atoms with Gasteiger partial charge in [-0.2, -0.15) is 17.0 Å². The van der Waals surface area contributed by atoms with Crippen molar-refractivity contribution in [1.82, 2.24) is 0 Å². The lowest BCUT2D eigenvalue weighted by atomic mass is 10.00. The molecule has 0 radical (unpaired) electrons. The van der Waals surface area contributed by atoms with Gasteiger partial charge in [-0.25, -0.2) is 0 Å². The van der Waals surface area contributed by atoms with E-state index in [9.17, 15) is 0 Å². The summed E-state index contributed by atoms with van der Waals surface area (Å²) < 4.78 is 0. The summed E-state index contributed by atoms with van der Waals surface area (Å²) in [5.74, 6) is 3.16. The van der Waals surface area contributed by atoms with E-state index in [1.165, 1.54) is 6.42 Å². The summed E-state index contributed by atoms with van der Waals surface area (Å²) in [4.78, 5) is 0. The van der Waals surface area contributed by atoms with Crippen LogP contribution in [0.4, 0.5) is 0 Å². The van der Waals surface area contributed by atoms with Crippen molar-refractivity contribution >= 4 is 11.8 Å². The molecule has 1 atom stereocenters. The average Bonchev–Trinajstić information content (AvgIpc) is 2.95. The summed E-state index contributed by atoms with van der Waals surface area (Å²) in [5, 5.41) is 9.02. The maximum Gasteiger partial charge on any atom is 0.116 e. The van der Waals surface area contributed by atoms with Gasteiger partial charge in [0.25, 0.3) is 0 Å². The van der Waals surface area contributed by atoms with Crippen LogP contribution < -0.4 is 5.73 Å². The minimum absolute atomic E-state index is 0.471. The molecule has 1 rings (SSSR count). The number of rotatable bonds is 6. The molecule has 0 aromatic carbocycles. The smallest absolute Gasteiger partial charge is 0.116 e. The standard InChI is InChI=1S/C11H20N2S/c1-9(2)5-6-14-8-11(13,7-12)10-3-4-10/h9-10H,3-6,8,13H2,1-2H3. The highest BCUT2D eigenvalue weighted by molar-refractivity contribution is 7.99. The molecule has 0 saturated heterocycles. The van der Waals surface area contributed by atoms with Crippen LogP contribution in [0.1, 0.15) is 33.1 Å². The van der Waals surface area contributed by atoms with Gasteiger partial charge in [-0.15, -0.1) is 0 Å². The summed E-state index contributed by atoms with van der Waals surface area (Å²) in [6.45, 7) is 4.45. The molecular formula is C11H20N2S. The van der Waals surface area contributed by atoms with Crippen molar-refractivity contribution in [1.29, 1.82) is 5.26 Å². The summed E-state index contributed by atoms with van der Waals surface area (Å²) in [7, 11) is 0. The van der Waals surface area contributed by atoms with Gasteiger partial charge < -0.3 is 5.73 Å². The molecule has 0 spiro atoms. The quantitative estimate of drug-likeness (QED) is 0.688. The van der Waals surface area contributed by atoms with Gasteiger partial charge in [0.2, 0.25) is 0 Å². The van der Waals surface area contributed by atoms with E-state index in [0.717, 1.165) is 30.3 Å². The van der Waals surface area contributed by atoms with Gasteiger partial charge in [0, 0.05) is 5.75 Å². The molecule has 0 aromatic heterocycles. The van der Waals surface area contributed by atoms with E-state index in [1.54, 1.807) is 0 Å². The first-order valence-electron chi connectivity index (χ1n) is 5.36. The first-order chi connectivity index (χ1) is 6.58. The minimum atomic E-state index is -0.540. The first-order valence-corrected chi connectivity index (χ1v) is 6.52. The Morgan fingerprint density at radius 2 is 2.21 bits per heavy atom. The van der Waals surface area contributed by atoms with E-state index in [0.29, 0.717) is 5.92 Å². The molecule has 1 saturated carbocycles. The second-order valence-corrected chi connectivity index (χ2v) is 5.77. The lowest BCUT2D eigenvalue weighted by Crippen LogP contribution is -2.43. The van der Waals surface area contributed by atoms with E-state index in [4.69, 9.17) is 11.0 Å². The third-order valence-electron chi connectivity index (χ3n) is 2.69. The second kappa shape index (κ2) is 5.04. The molecule has 1 fully saturated rings. The third-order valence-corrected chi connectivity index (χ3v) is 3.90. The highest BCUT2D eigenvalue weighted by Crippen LogP contribution is 2.39. The first kappa shape index (κ1) is 11.9. The summed E-state index contributed by atoms with van der Waals surface area (Å²) in [6, 6.07) is 2.29. The van der Waals surface area contributed by atoms with Crippen LogP contribution >= 0.6 is 11.8 Å². The van der Waals surface area contributed by atoms with E-state index in [2.05, 4.69) is 19.9 Å². The van der Waals surface area contributed by atoms with Crippen LogP contribution in [0.2, 0.25) is 0 Å². The van der Waals surface area contributed by atoms with E-state index < -0.39 is 5.54 Å². The van der Waals surface area contributed by atoms with Crippen molar-refractivity contribution in [2.75, 3.05) is 11.5 Å². The molecule has 1 aliphatic carbocycles. The van der Waals surface area contributed by atoms with Gasteiger partial charge in [0.1, 0.15) is 5.54 Å². The molecule has 2 N–H and O–H groups in total. The molecule has 3 heteroatoms. The molecule has 0 amide bonds. The van der Waals surface area contributed by atoms with Crippen molar-refractivity contribution in [3.05, 3.63) is 0 Å². The Labute approximate surface area is 91.2 Å². The molecule has 1 unspecified atom stereocenters. The van der Waals surface area contributed by atoms with Crippen LogP contribution in [0, 0.1) is 23.2 Å². The second-order valence-electron chi connectivity index (χ2n) is 4.66. The number of nitrogens with zero attached hydrogens (tertiary/aromatic N) is 1. The molecule has 2 nitrogen and oxygen atoms in total. The molecule has 0 aliphatic heterocycles. The molecule has 0 heterocycles. The molecule has 1 aliphatic rings. The van der Waals surface area contributed by atoms with Crippen molar-refractivity contribution in [3.8, 4) is 6.07 Å². The fourth-order valence-electron chi connectivity index (χ4n) is 1.40. The monoisotopic (exact) mass is 212 g/mol. The maximum absolute atomic E-state index is 9.02. The normalized spacial score (nSPS) is 20.5. The zero-order chi connectivity index (χ0) is 10.6. The fraction of sp³-hybridized carbons (Fsp3) is 0.909. The Morgan fingerprint density at radius 3 is 2.64 bits per heavy atom. The lowest BCUT2D eigenvalue weighted by Gasteiger charge is -2.20. The van der Waals surface area contributed by atoms with Crippen LogP contribution in [0.5, 0.6) is 0 Å². The SMILES string of the molecule is CC(C)CCSCC(N)(C#N)C1CC1. The Kier molecular flexibility index (Phi) is 4.28. The van der Waals surface area contributed by atoms with Crippen molar-refractivity contribution < 1.29 is 0 Å². The van der Waals surface area contributed by atoms with Crippen LogP contribution in [-0.2, 0) is 0 Å². The maximum atomic E-state index is 9.02. The summed E-state index contributed by atoms with van der Waals surface area (Å²) >= 11 is 1.83. The van der Waals surface area contributed by atoms with E-state index >= 15 is 0 Å². The van der Waals surface area contributed by atoms with E-state index in [-0.39, 0.29) is 0 Å². The Morgan fingerprint density at radius 1 is 1.57 bits per heavy atom. The number of thioether (sulfide) groups is 1. The number of nitriles is 1. The number of nitrogens with two attached hydrogens (primary N) is 1. The largest absolute Gasteiger partial charge is 0.312 e. The lowest BCUT2D eigenvalue weighted by molar-refractivity contribution is 0.531. The fourth-order valence-corrected chi connectivity index (χ4v) is 2.82. The van der Waals surface area contributed by atoms with Crippen LogP contribution in [0.15, 0.2) is 0 Å². The van der Waals surface area contributed by atoms with Gasteiger partial charge in [0.15, 0.2) is 0 Å². The molecule has 0 aromatic rings. The van der Waals surface area contributed by atoms with E-state index in [1.807, 2.05) is 11.8 Å². The highest BCUT2D eigenvalue weighted by atomic mass is 32.2. The number of hydrogen-bond acceptors (Lipinski definition) is 3. The van der Waals surface area contributed by atoms with Gasteiger partial charge in [-0.05, 0) is 36.9 Å². The Bertz CT molecular complexity index is 218. The molecule has 80 valence electrons. The predicted octanol–water partition coefficient (Wildman–Crippen LogP) is 2.40. The molecule has 14 heavy (non-hydrogen) atoms. The zero-order valence-electron chi connectivity index (χ0n) is 9.12. The summed E-state index contributed by atoms with van der Waals surface area (Å²) in [6.07, 6.45) is 3.51. The van der Waals surface area contributed by atoms with Crippen LogP contribution in [-0.4, -0.2) is 17.0 Å². The topological polar surface area (TPSA) is 49.8 Å². The van der Waals surface area contributed by atoms with Gasteiger partial charge in [0.05, 0.1) is 6.07 Å². The Balaban J connectivity index is 2.18. The Hall–Kier alpha value is -0.200. The minimum Gasteiger partial charge on any atom is -0.312 e. The molecule has 0 bridgehead atoms. The average molecular weight is 212 g/mol. The van der Waals surface area contributed by atoms with Gasteiger partial charge in [-0.3, -0.25) is 0 Å². The number of hydrogen-bond donors (Lipinski definition) is 1. The highest BCUT2D eigenvalue weighted by Gasteiger charge is 2.42. The van der Waals surface area contributed by atoms with Crippen LogP contribution in [0.3, 0.4) is 0 Å². The van der Waals surface area contributed by atoms with Crippen molar-refractivity contribution in [3.63, 3.8) is 0 Å². The van der Waals surface area contributed by atoms with Crippen molar-refractivity contribution in [2.45, 2.75) is 38.6 Å².